The van der Waals surface area contributed by atoms with E-state index in [0.717, 1.165) is 11.3 Å². The summed E-state index contributed by atoms with van der Waals surface area (Å²) in [6.45, 7) is 4.34. The second-order valence-electron chi connectivity index (χ2n) is 4.81. The van der Waals surface area contributed by atoms with Crippen molar-refractivity contribution in [2.24, 2.45) is 0 Å². The van der Waals surface area contributed by atoms with Gasteiger partial charge in [-0.25, -0.2) is 4.39 Å². The van der Waals surface area contributed by atoms with Gasteiger partial charge in [0.1, 0.15) is 5.82 Å². The van der Waals surface area contributed by atoms with E-state index in [1.54, 1.807) is 17.0 Å². The first-order valence-corrected chi connectivity index (χ1v) is 6.92. The van der Waals surface area contributed by atoms with Crippen molar-refractivity contribution < 1.29 is 9.18 Å². The lowest BCUT2D eigenvalue weighted by molar-refractivity contribution is 0.0987. The summed E-state index contributed by atoms with van der Waals surface area (Å²) in [7, 11) is 1.84. The van der Waals surface area contributed by atoms with Gasteiger partial charge < -0.3 is 10.2 Å². The lowest BCUT2D eigenvalue weighted by Crippen LogP contribution is -2.31. The highest BCUT2D eigenvalue weighted by molar-refractivity contribution is 6.07. The fraction of sp³-hybridized carbons (Fsp3) is 0.235. The van der Waals surface area contributed by atoms with E-state index in [0.29, 0.717) is 17.8 Å². The van der Waals surface area contributed by atoms with E-state index < -0.39 is 0 Å². The number of benzene rings is 2. The zero-order valence-corrected chi connectivity index (χ0v) is 12.5. The normalized spacial score (nSPS) is 10.3. The van der Waals surface area contributed by atoms with Crippen molar-refractivity contribution >= 4 is 17.3 Å². The Morgan fingerprint density at radius 3 is 2.38 bits per heavy atom. The van der Waals surface area contributed by atoms with Crippen LogP contribution < -0.4 is 10.2 Å². The summed E-state index contributed by atoms with van der Waals surface area (Å²) >= 11 is 0. The van der Waals surface area contributed by atoms with Crippen LogP contribution in [-0.2, 0) is 0 Å². The van der Waals surface area contributed by atoms with E-state index in [2.05, 4.69) is 5.32 Å². The standard InChI is InChI=1S/C17H19FN2O/c1-4-20(15-8-5-13(18)6-9-15)17(21)16-10-7-14(19-3)11-12(16)2/h5-11,19H,4H2,1-3H3. The largest absolute Gasteiger partial charge is 0.388 e. The lowest BCUT2D eigenvalue weighted by Gasteiger charge is -2.22. The van der Waals surface area contributed by atoms with Crippen molar-refractivity contribution in [1.29, 1.82) is 0 Å². The molecule has 0 spiro atoms. The second kappa shape index (κ2) is 6.39. The minimum absolute atomic E-state index is 0.0794. The second-order valence-corrected chi connectivity index (χ2v) is 4.81. The molecule has 0 bridgehead atoms. The van der Waals surface area contributed by atoms with Crippen LogP contribution in [0, 0.1) is 12.7 Å². The first kappa shape index (κ1) is 15.0. The third-order valence-electron chi connectivity index (χ3n) is 3.45. The van der Waals surface area contributed by atoms with Gasteiger partial charge in [-0.05, 0) is 61.9 Å². The van der Waals surface area contributed by atoms with Crippen LogP contribution in [0.1, 0.15) is 22.8 Å². The molecule has 0 fully saturated rings. The van der Waals surface area contributed by atoms with Crippen LogP contribution in [0.15, 0.2) is 42.5 Å². The van der Waals surface area contributed by atoms with Crippen LogP contribution in [-0.4, -0.2) is 19.5 Å². The molecule has 0 aliphatic heterocycles. The van der Waals surface area contributed by atoms with Crippen LogP contribution in [0.4, 0.5) is 15.8 Å². The Hall–Kier alpha value is -2.36. The summed E-state index contributed by atoms with van der Waals surface area (Å²) in [5, 5.41) is 3.05. The third kappa shape index (κ3) is 3.21. The minimum Gasteiger partial charge on any atom is -0.388 e. The number of rotatable bonds is 4. The number of carbonyl (C=O) groups excluding carboxylic acids is 1. The van der Waals surface area contributed by atoms with Gasteiger partial charge in [0.05, 0.1) is 0 Å². The maximum Gasteiger partial charge on any atom is 0.258 e. The molecule has 0 atom stereocenters. The van der Waals surface area contributed by atoms with Crippen LogP contribution in [0.25, 0.3) is 0 Å². The molecule has 2 rings (SSSR count). The predicted molar refractivity (Wildman–Crippen MR) is 84.5 cm³/mol. The first-order chi connectivity index (χ1) is 10.1. The van der Waals surface area contributed by atoms with Crippen molar-refractivity contribution in [3.8, 4) is 0 Å². The van der Waals surface area contributed by atoms with E-state index >= 15 is 0 Å². The number of hydrogen-bond acceptors (Lipinski definition) is 2. The van der Waals surface area contributed by atoms with Crippen molar-refractivity contribution in [2.45, 2.75) is 13.8 Å². The number of hydrogen-bond donors (Lipinski definition) is 1. The average Bonchev–Trinajstić information content (AvgIpc) is 2.49. The number of carbonyl (C=O) groups is 1. The summed E-state index contributed by atoms with van der Waals surface area (Å²) < 4.78 is 13.0. The number of amides is 1. The third-order valence-corrected chi connectivity index (χ3v) is 3.45. The van der Waals surface area contributed by atoms with E-state index in [-0.39, 0.29) is 11.7 Å². The molecular weight excluding hydrogens is 267 g/mol. The minimum atomic E-state index is -0.309. The highest BCUT2D eigenvalue weighted by Gasteiger charge is 2.18. The molecule has 0 aromatic heterocycles. The van der Waals surface area contributed by atoms with E-state index in [1.807, 2.05) is 39.1 Å². The fourth-order valence-electron chi connectivity index (χ4n) is 2.27. The molecular formula is C17H19FN2O. The molecule has 0 saturated heterocycles. The van der Waals surface area contributed by atoms with Gasteiger partial charge in [0.2, 0.25) is 0 Å². The Bertz CT molecular complexity index is 638. The number of aryl methyl sites for hydroxylation is 1. The summed E-state index contributed by atoms with van der Waals surface area (Å²) in [5.74, 6) is -0.388. The van der Waals surface area contributed by atoms with Gasteiger partial charge in [0.15, 0.2) is 0 Å². The number of anilines is 2. The molecule has 0 unspecified atom stereocenters. The molecule has 0 aliphatic carbocycles. The van der Waals surface area contributed by atoms with E-state index in [1.165, 1.54) is 12.1 Å². The Labute approximate surface area is 124 Å². The molecule has 0 aliphatic rings. The average molecular weight is 286 g/mol. The van der Waals surface area contributed by atoms with Crippen LogP contribution in [0.3, 0.4) is 0 Å². The molecule has 1 amide bonds. The zero-order chi connectivity index (χ0) is 15.4. The maximum atomic E-state index is 13.0. The molecule has 110 valence electrons. The van der Waals surface area contributed by atoms with E-state index in [9.17, 15) is 9.18 Å². The number of halogens is 1. The van der Waals surface area contributed by atoms with Gasteiger partial charge in [0.25, 0.3) is 5.91 Å². The summed E-state index contributed by atoms with van der Waals surface area (Å²) in [6, 6.07) is 11.6. The highest BCUT2D eigenvalue weighted by Crippen LogP contribution is 2.21. The summed E-state index contributed by atoms with van der Waals surface area (Å²) in [5.41, 5.74) is 3.22. The highest BCUT2D eigenvalue weighted by atomic mass is 19.1. The van der Waals surface area contributed by atoms with Crippen LogP contribution >= 0.6 is 0 Å². The predicted octanol–water partition coefficient (Wildman–Crippen LogP) is 3.84. The fourth-order valence-corrected chi connectivity index (χ4v) is 2.27. The zero-order valence-electron chi connectivity index (χ0n) is 12.5. The molecule has 0 heterocycles. The number of nitrogens with one attached hydrogen (secondary N) is 1. The van der Waals surface area contributed by atoms with Crippen LogP contribution in [0.2, 0.25) is 0 Å². The van der Waals surface area contributed by atoms with E-state index in [4.69, 9.17) is 0 Å². The molecule has 2 aromatic rings. The van der Waals surface area contributed by atoms with Gasteiger partial charge in [0, 0.05) is 30.5 Å². The smallest absolute Gasteiger partial charge is 0.258 e. The maximum absolute atomic E-state index is 13.0. The summed E-state index contributed by atoms with van der Waals surface area (Å²) in [6.07, 6.45) is 0. The van der Waals surface area contributed by atoms with Gasteiger partial charge in [-0.15, -0.1) is 0 Å². The van der Waals surface area contributed by atoms with Crippen molar-refractivity contribution in [1.82, 2.24) is 0 Å². The topological polar surface area (TPSA) is 32.3 Å². The SMILES string of the molecule is CCN(C(=O)c1ccc(NC)cc1C)c1ccc(F)cc1. The summed E-state index contributed by atoms with van der Waals surface area (Å²) in [4.78, 5) is 14.3. The Balaban J connectivity index is 2.34. The van der Waals surface area contributed by atoms with Crippen molar-refractivity contribution in [3.63, 3.8) is 0 Å². The monoisotopic (exact) mass is 286 g/mol. The molecule has 2 aromatic carbocycles. The van der Waals surface area contributed by atoms with Gasteiger partial charge in [-0.1, -0.05) is 0 Å². The molecule has 4 heteroatoms. The lowest BCUT2D eigenvalue weighted by atomic mass is 10.1. The van der Waals surface area contributed by atoms with Crippen molar-refractivity contribution in [3.05, 3.63) is 59.4 Å². The van der Waals surface area contributed by atoms with Gasteiger partial charge in [-0.2, -0.15) is 0 Å². The number of nitrogens with zero attached hydrogens (tertiary/aromatic N) is 1. The van der Waals surface area contributed by atoms with Crippen molar-refractivity contribution in [2.75, 3.05) is 23.8 Å². The molecule has 21 heavy (non-hydrogen) atoms. The van der Waals surface area contributed by atoms with Gasteiger partial charge >= 0.3 is 0 Å². The first-order valence-electron chi connectivity index (χ1n) is 6.92. The molecule has 3 nitrogen and oxygen atoms in total. The Kier molecular flexibility index (Phi) is 4.58. The Morgan fingerprint density at radius 1 is 1.19 bits per heavy atom. The van der Waals surface area contributed by atoms with Gasteiger partial charge in [-0.3, -0.25) is 4.79 Å². The molecule has 1 N–H and O–H groups in total. The molecule has 0 saturated carbocycles. The molecule has 0 radical (unpaired) electrons. The Morgan fingerprint density at radius 2 is 1.86 bits per heavy atom. The van der Waals surface area contributed by atoms with Crippen LogP contribution in [0.5, 0.6) is 0 Å². The quantitative estimate of drug-likeness (QED) is 0.926.